The highest BCUT2D eigenvalue weighted by molar-refractivity contribution is 5.51. The summed E-state index contributed by atoms with van der Waals surface area (Å²) < 4.78 is 5.45. The van der Waals surface area contributed by atoms with Crippen molar-refractivity contribution in [2.75, 3.05) is 0 Å². The van der Waals surface area contributed by atoms with Crippen LogP contribution in [0.5, 0.6) is 0 Å². The van der Waals surface area contributed by atoms with Crippen molar-refractivity contribution in [1.29, 1.82) is 0 Å². The molecule has 2 rings (SSSR count). The number of benzene rings is 1. The van der Waals surface area contributed by atoms with E-state index in [1.165, 1.54) is 0 Å². The van der Waals surface area contributed by atoms with Gasteiger partial charge in [-0.2, -0.15) is 0 Å². The van der Waals surface area contributed by atoms with Gasteiger partial charge in [0.2, 0.25) is 11.8 Å². The van der Waals surface area contributed by atoms with Gasteiger partial charge in [0.25, 0.3) is 0 Å². The zero-order valence-corrected chi connectivity index (χ0v) is 7.81. The molecule has 0 amide bonds. The standard InChI is InChI=1S/C11H11N2O/c1-2-6-10-12-13-11(14-10)9-7-4-3-5-8-9/h3-5,7-8H,1-2,6H2. The lowest BCUT2D eigenvalue weighted by Crippen LogP contribution is -1.80. The molecule has 0 saturated carbocycles. The Bertz CT molecular complexity index is 395. The largest absolute Gasteiger partial charge is 0.421 e. The van der Waals surface area contributed by atoms with Crippen molar-refractivity contribution in [3.63, 3.8) is 0 Å². The van der Waals surface area contributed by atoms with E-state index in [0.29, 0.717) is 11.8 Å². The van der Waals surface area contributed by atoms with Crippen molar-refractivity contribution < 1.29 is 4.42 Å². The van der Waals surface area contributed by atoms with E-state index in [-0.39, 0.29) is 0 Å². The summed E-state index contributed by atoms with van der Waals surface area (Å²) >= 11 is 0. The molecule has 0 bridgehead atoms. The van der Waals surface area contributed by atoms with Gasteiger partial charge in [0, 0.05) is 12.0 Å². The molecule has 3 nitrogen and oxygen atoms in total. The second kappa shape index (κ2) is 4.05. The summed E-state index contributed by atoms with van der Waals surface area (Å²) in [6, 6.07) is 9.74. The highest BCUT2D eigenvalue weighted by Crippen LogP contribution is 2.17. The van der Waals surface area contributed by atoms with E-state index in [0.717, 1.165) is 18.4 Å². The molecule has 0 N–H and O–H groups in total. The second-order valence-corrected chi connectivity index (χ2v) is 2.97. The molecule has 1 heterocycles. The summed E-state index contributed by atoms with van der Waals surface area (Å²) in [5.74, 6) is 1.23. The van der Waals surface area contributed by atoms with Crippen LogP contribution in [0.25, 0.3) is 11.5 Å². The molecular formula is C11H11N2O. The van der Waals surface area contributed by atoms with Gasteiger partial charge in [-0.15, -0.1) is 10.2 Å². The fourth-order valence-corrected chi connectivity index (χ4v) is 1.20. The zero-order chi connectivity index (χ0) is 9.80. The molecule has 0 saturated heterocycles. The van der Waals surface area contributed by atoms with E-state index in [4.69, 9.17) is 4.42 Å². The molecule has 1 aromatic carbocycles. The Balaban J connectivity index is 2.25. The Labute approximate surface area is 82.8 Å². The van der Waals surface area contributed by atoms with Crippen LogP contribution in [0.4, 0.5) is 0 Å². The van der Waals surface area contributed by atoms with Crippen LogP contribution in [0.15, 0.2) is 34.7 Å². The van der Waals surface area contributed by atoms with Crippen LogP contribution in [-0.4, -0.2) is 10.2 Å². The van der Waals surface area contributed by atoms with Crippen LogP contribution in [0.2, 0.25) is 0 Å². The van der Waals surface area contributed by atoms with E-state index in [2.05, 4.69) is 17.1 Å². The van der Waals surface area contributed by atoms with Crippen LogP contribution in [0.3, 0.4) is 0 Å². The van der Waals surface area contributed by atoms with E-state index in [9.17, 15) is 0 Å². The summed E-state index contributed by atoms with van der Waals surface area (Å²) in [7, 11) is 0. The van der Waals surface area contributed by atoms with Crippen molar-refractivity contribution in [2.24, 2.45) is 0 Å². The smallest absolute Gasteiger partial charge is 0.247 e. The van der Waals surface area contributed by atoms with Gasteiger partial charge < -0.3 is 4.42 Å². The molecule has 71 valence electrons. The molecule has 0 aliphatic rings. The maximum atomic E-state index is 5.45. The van der Waals surface area contributed by atoms with Crippen molar-refractivity contribution in [3.05, 3.63) is 43.1 Å². The third-order valence-electron chi connectivity index (χ3n) is 1.88. The first-order valence-electron chi connectivity index (χ1n) is 4.57. The fourth-order valence-electron chi connectivity index (χ4n) is 1.20. The third-order valence-corrected chi connectivity index (χ3v) is 1.88. The van der Waals surface area contributed by atoms with Crippen LogP contribution in [0.1, 0.15) is 12.3 Å². The summed E-state index contributed by atoms with van der Waals surface area (Å²) in [5.41, 5.74) is 0.954. The predicted molar refractivity (Wildman–Crippen MR) is 53.4 cm³/mol. The minimum absolute atomic E-state index is 0.578. The van der Waals surface area contributed by atoms with Crippen LogP contribution < -0.4 is 0 Å². The average molecular weight is 187 g/mol. The van der Waals surface area contributed by atoms with Crippen LogP contribution >= 0.6 is 0 Å². The minimum Gasteiger partial charge on any atom is -0.421 e. The highest BCUT2D eigenvalue weighted by atomic mass is 16.4. The molecule has 1 aromatic heterocycles. The predicted octanol–water partition coefficient (Wildman–Crippen LogP) is 2.50. The molecule has 0 fully saturated rings. The zero-order valence-electron chi connectivity index (χ0n) is 7.81. The summed E-state index contributed by atoms with van der Waals surface area (Å²) in [4.78, 5) is 0. The summed E-state index contributed by atoms with van der Waals surface area (Å²) in [6.45, 7) is 3.74. The van der Waals surface area contributed by atoms with Crippen LogP contribution in [0, 0.1) is 6.92 Å². The number of aromatic nitrogens is 2. The lowest BCUT2D eigenvalue weighted by Gasteiger charge is -1.91. The number of aryl methyl sites for hydroxylation is 1. The van der Waals surface area contributed by atoms with E-state index in [1.54, 1.807) is 0 Å². The molecule has 14 heavy (non-hydrogen) atoms. The van der Waals surface area contributed by atoms with Gasteiger partial charge >= 0.3 is 0 Å². The van der Waals surface area contributed by atoms with E-state index >= 15 is 0 Å². The molecule has 2 aromatic rings. The maximum Gasteiger partial charge on any atom is 0.247 e. The monoisotopic (exact) mass is 187 g/mol. The Morgan fingerprint density at radius 2 is 1.93 bits per heavy atom. The van der Waals surface area contributed by atoms with Crippen molar-refractivity contribution in [1.82, 2.24) is 10.2 Å². The molecule has 0 spiro atoms. The number of nitrogens with zero attached hydrogens (tertiary/aromatic N) is 2. The minimum atomic E-state index is 0.578. The topological polar surface area (TPSA) is 38.9 Å². The van der Waals surface area contributed by atoms with Gasteiger partial charge in [-0.3, -0.25) is 0 Å². The molecule has 0 aliphatic heterocycles. The second-order valence-electron chi connectivity index (χ2n) is 2.97. The van der Waals surface area contributed by atoms with Crippen molar-refractivity contribution in [2.45, 2.75) is 12.8 Å². The maximum absolute atomic E-state index is 5.45. The Hall–Kier alpha value is -1.64. The van der Waals surface area contributed by atoms with Gasteiger partial charge in [0.15, 0.2) is 0 Å². The van der Waals surface area contributed by atoms with Crippen molar-refractivity contribution in [3.8, 4) is 11.5 Å². The molecule has 0 aliphatic carbocycles. The summed E-state index contributed by atoms with van der Waals surface area (Å²) in [6.07, 6.45) is 1.51. The Kier molecular flexibility index (Phi) is 2.58. The average Bonchev–Trinajstić information content (AvgIpc) is 2.68. The fraction of sp³-hybridized carbons (Fsp3) is 0.182. The Morgan fingerprint density at radius 1 is 1.14 bits per heavy atom. The number of hydrogen-bond donors (Lipinski definition) is 0. The lowest BCUT2D eigenvalue weighted by molar-refractivity contribution is 0.506. The van der Waals surface area contributed by atoms with Gasteiger partial charge in [-0.25, -0.2) is 0 Å². The lowest BCUT2D eigenvalue weighted by atomic mass is 10.2. The number of hydrogen-bond acceptors (Lipinski definition) is 3. The molecule has 1 radical (unpaired) electrons. The molecule has 0 unspecified atom stereocenters. The quantitative estimate of drug-likeness (QED) is 0.741. The van der Waals surface area contributed by atoms with Gasteiger partial charge in [0.1, 0.15) is 0 Å². The molecular weight excluding hydrogens is 176 g/mol. The van der Waals surface area contributed by atoms with Gasteiger partial charge in [-0.05, 0) is 18.6 Å². The van der Waals surface area contributed by atoms with Gasteiger partial charge in [-0.1, -0.05) is 25.1 Å². The summed E-state index contributed by atoms with van der Waals surface area (Å²) in [5, 5.41) is 7.89. The van der Waals surface area contributed by atoms with E-state index < -0.39 is 0 Å². The molecule has 3 heteroatoms. The van der Waals surface area contributed by atoms with E-state index in [1.807, 2.05) is 30.3 Å². The first kappa shape index (κ1) is 8.94. The normalized spacial score (nSPS) is 10.4. The van der Waals surface area contributed by atoms with Crippen molar-refractivity contribution >= 4 is 0 Å². The van der Waals surface area contributed by atoms with Crippen LogP contribution in [-0.2, 0) is 6.42 Å². The van der Waals surface area contributed by atoms with Gasteiger partial charge in [0.05, 0.1) is 0 Å². The highest BCUT2D eigenvalue weighted by Gasteiger charge is 2.06. The third kappa shape index (κ3) is 1.82. The Morgan fingerprint density at radius 3 is 2.64 bits per heavy atom. The first-order chi connectivity index (χ1) is 6.90. The number of rotatable bonds is 3. The SMILES string of the molecule is [CH2]CCc1nnc(-c2ccccc2)o1. The first-order valence-corrected chi connectivity index (χ1v) is 4.57. The molecule has 0 atom stereocenters.